The molecule has 2 aromatic carbocycles. The summed E-state index contributed by atoms with van der Waals surface area (Å²) in [4.78, 5) is 12.8. The van der Waals surface area contributed by atoms with Crippen LogP contribution in [-0.2, 0) is 13.2 Å². The van der Waals surface area contributed by atoms with Gasteiger partial charge in [0.25, 0.3) is 5.91 Å². The van der Waals surface area contributed by atoms with Gasteiger partial charge in [0.05, 0.1) is 12.1 Å². The van der Waals surface area contributed by atoms with Crippen LogP contribution in [0.3, 0.4) is 0 Å². The normalized spacial score (nSPS) is 10.9. The van der Waals surface area contributed by atoms with Crippen molar-refractivity contribution in [2.24, 2.45) is 0 Å². The van der Waals surface area contributed by atoms with E-state index in [9.17, 15) is 9.18 Å². The maximum atomic E-state index is 13.1. The number of amides is 1. The number of nitrogens with zero attached hydrogens (tertiary/aromatic N) is 3. The number of nitrogens with one attached hydrogen (secondary N) is 1. The zero-order chi connectivity index (χ0) is 22.7. The lowest BCUT2D eigenvalue weighted by Gasteiger charge is -2.10. The minimum atomic E-state index is -0.437. The predicted octanol–water partition coefficient (Wildman–Crippen LogP) is 4.82. The van der Waals surface area contributed by atoms with Crippen LogP contribution in [0.5, 0.6) is 5.75 Å². The summed E-state index contributed by atoms with van der Waals surface area (Å²) >= 11 is 0. The summed E-state index contributed by atoms with van der Waals surface area (Å²) < 4.78 is 25.9. The molecule has 0 aliphatic heterocycles. The number of hydrogen-bond donors (Lipinski definition) is 1. The maximum Gasteiger partial charge on any atom is 0.279 e. The number of rotatable bonds is 7. The third-order valence-corrected chi connectivity index (χ3v) is 5.04. The highest BCUT2D eigenvalue weighted by Crippen LogP contribution is 2.22. The fourth-order valence-corrected chi connectivity index (χ4v) is 3.32. The Kier molecular flexibility index (Phi) is 6.02. The van der Waals surface area contributed by atoms with Crippen molar-refractivity contribution in [3.05, 3.63) is 94.3 Å². The molecule has 0 bridgehead atoms. The lowest BCUT2D eigenvalue weighted by molar-refractivity contribution is 0.101. The molecular weight excluding hydrogens is 411 g/mol. The molecule has 32 heavy (non-hydrogen) atoms. The second-order valence-corrected chi connectivity index (χ2v) is 7.60. The quantitative estimate of drug-likeness (QED) is 0.451. The zero-order valence-corrected chi connectivity index (χ0v) is 18.1. The van der Waals surface area contributed by atoms with Crippen LogP contribution in [0.15, 0.2) is 59.3 Å². The molecule has 8 heteroatoms. The molecule has 0 spiro atoms. The van der Waals surface area contributed by atoms with Crippen molar-refractivity contribution in [3.63, 3.8) is 0 Å². The van der Waals surface area contributed by atoms with E-state index in [1.54, 1.807) is 36.0 Å². The minimum Gasteiger partial charge on any atom is -0.488 e. The molecule has 0 saturated carbocycles. The molecule has 1 N–H and O–H groups in total. The molecule has 0 unspecified atom stereocenters. The number of hydrogen-bond acceptors (Lipinski definition) is 5. The number of aromatic nitrogens is 3. The number of aryl methyl sites for hydroxylation is 3. The molecule has 0 aliphatic rings. The second-order valence-electron chi connectivity index (χ2n) is 7.60. The van der Waals surface area contributed by atoms with E-state index in [-0.39, 0.29) is 18.1 Å². The van der Waals surface area contributed by atoms with Gasteiger partial charge in [-0.25, -0.2) is 4.39 Å². The van der Waals surface area contributed by atoms with Gasteiger partial charge in [0, 0.05) is 12.3 Å². The van der Waals surface area contributed by atoms with Crippen LogP contribution in [0.1, 0.15) is 38.5 Å². The summed E-state index contributed by atoms with van der Waals surface area (Å²) in [7, 11) is 0. The van der Waals surface area contributed by atoms with E-state index in [0.29, 0.717) is 23.7 Å². The van der Waals surface area contributed by atoms with E-state index in [0.717, 1.165) is 22.4 Å². The molecule has 1 amide bonds. The molecule has 2 heterocycles. The third-order valence-electron chi connectivity index (χ3n) is 5.04. The van der Waals surface area contributed by atoms with Gasteiger partial charge < -0.3 is 14.6 Å². The molecular formula is C24H23FN4O3. The summed E-state index contributed by atoms with van der Waals surface area (Å²) in [5.74, 6) is 0.901. The van der Waals surface area contributed by atoms with Crippen molar-refractivity contribution < 1.29 is 18.4 Å². The fraction of sp³-hybridized carbons (Fsp3) is 0.208. The van der Waals surface area contributed by atoms with Crippen molar-refractivity contribution in [1.29, 1.82) is 0 Å². The highest BCUT2D eigenvalue weighted by atomic mass is 19.1. The summed E-state index contributed by atoms with van der Waals surface area (Å²) in [6.45, 7) is 6.33. The molecule has 2 aromatic heterocycles. The Morgan fingerprint density at radius 1 is 1.12 bits per heavy atom. The summed E-state index contributed by atoms with van der Waals surface area (Å²) in [5, 5.41) is 11.0. The molecule has 4 rings (SSSR count). The van der Waals surface area contributed by atoms with E-state index in [1.807, 2.05) is 32.0 Å². The van der Waals surface area contributed by atoms with Gasteiger partial charge in [0.1, 0.15) is 23.9 Å². The van der Waals surface area contributed by atoms with Crippen LogP contribution in [0.4, 0.5) is 10.2 Å². The number of halogens is 1. The number of ether oxygens (including phenoxy) is 1. The van der Waals surface area contributed by atoms with Crippen molar-refractivity contribution >= 4 is 11.7 Å². The Bertz CT molecular complexity index is 1240. The molecule has 0 fully saturated rings. The summed E-state index contributed by atoms with van der Waals surface area (Å²) in [6, 6.07) is 13.8. The third kappa shape index (κ3) is 4.85. The summed E-state index contributed by atoms with van der Waals surface area (Å²) in [5.41, 5.74) is 3.78. The largest absolute Gasteiger partial charge is 0.488 e. The van der Waals surface area contributed by atoms with Crippen LogP contribution in [0.25, 0.3) is 0 Å². The Labute approximate surface area is 184 Å². The highest BCUT2D eigenvalue weighted by molar-refractivity contribution is 6.03. The molecule has 0 atom stereocenters. The van der Waals surface area contributed by atoms with E-state index in [1.165, 1.54) is 12.1 Å². The first kappa shape index (κ1) is 21.3. The van der Waals surface area contributed by atoms with Gasteiger partial charge in [-0.05, 0) is 50.1 Å². The number of anilines is 1. The lowest BCUT2D eigenvalue weighted by Crippen LogP contribution is -2.16. The van der Waals surface area contributed by atoms with Gasteiger partial charge in [-0.3, -0.25) is 9.48 Å². The average molecular weight is 434 g/mol. The van der Waals surface area contributed by atoms with Crippen LogP contribution in [0.2, 0.25) is 0 Å². The van der Waals surface area contributed by atoms with Crippen molar-refractivity contribution in [2.75, 3.05) is 5.32 Å². The first-order chi connectivity index (χ1) is 15.4. The Hall–Kier alpha value is -3.94. The number of carbonyl (C=O) groups excluding carboxylic acids is 1. The first-order valence-corrected chi connectivity index (χ1v) is 10.1. The highest BCUT2D eigenvalue weighted by Gasteiger charge is 2.21. The van der Waals surface area contributed by atoms with E-state index in [2.05, 4.69) is 15.6 Å². The van der Waals surface area contributed by atoms with Crippen molar-refractivity contribution in [3.8, 4) is 5.75 Å². The lowest BCUT2D eigenvalue weighted by atomic mass is 10.1. The monoisotopic (exact) mass is 434 g/mol. The first-order valence-electron chi connectivity index (χ1n) is 10.1. The topological polar surface area (TPSA) is 82.2 Å². The molecule has 0 aliphatic carbocycles. The zero-order valence-electron chi connectivity index (χ0n) is 18.1. The van der Waals surface area contributed by atoms with Gasteiger partial charge in [0.2, 0.25) is 0 Å². The van der Waals surface area contributed by atoms with E-state index >= 15 is 0 Å². The fourth-order valence-electron chi connectivity index (χ4n) is 3.32. The van der Waals surface area contributed by atoms with Crippen molar-refractivity contribution in [1.82, 2.24) is 14.9 Å². The van der Waals surface area contributed by atoms with Crippen LogP contribution < -0.4 is 10.1 Å². The Morgan fingerprint density at radius 2 is 1.91 bits per heavy atom. The number of carbonyl (C=O) groups is 1. The van der Waals surface area contributed by atoms with Crippen LogP contribution in [-0.4, -0.2) is 20.8 Å². The molecule has 164 valence electrons. The molecule has 0 saturated heterocycles. The predicted molar refractivity (Wildman–Crippen MR) is 117 cm³/mol. The standard InChI is InChI=1S/C24H23FN4O3/c1-15-4-9-21(16(2)12-15)31-14-20-17(3)32-28-23(20)24(30)26-22-10-11-29(27-22)13-18-5-7-19(25)8-6-18/h4-12H,13-14H2,1-3H3,(H,26,27,30). The van der Waals surface area contributed by atoms with Crippen LogP contribution in [0, 0.1) is 26.6 Å². The average Bonchev–Trinajstić information content (AvgIpc) is 3.35. The molecule has 7 nitrogen and oxygen atoms in total. The number of benzene rings is 2. The van der Waals surface area contributed by atoms with E-state index in [4.69, 9.17) is 9.26 Å². The van der Waals surface area contributed by atoms with Gasteiger partial charge in [-0.1, -0.05) is 35.0 Å². The SMILES string of the molecule is Cc1ccc(OCc2c(C(=O)Nc3ccn(Cc4ccc(F)cc4)n3)noc2C)c(C)c1. The van der Waals surface area contributed by atoms with Gasteiger partial charge in [0.15, 0.2) is 11.5 Å². The molecule has 0 radical (unpaired) electrons. The summed E-state index contributed by atoms with van der Waals surface area (Å²) in [6.07, 6.45) is 1.73. The second kappa shape index (κ2) is 9.05. The van der Waals surface area contributed by atoms with Crippen molar-refractivity contribution in [2.45, 2.75) is 33.9 Å². The molecule has 4 aromatic rings. The van der Waals surface area contributed by atoms with E-state index < -0.39 is 5.91 Å². The Balaban J connectivity index is 1.43. The van der Waals surface area contributed by atoms with Crippen LogP contribution >= 0.6 is 0 Å². The maximum absolute atomic E-state index is 13.1. The minimum absolute atomic E-state index is 0.153. The van der Waals surface area contributed by atoms with Gasteiger partial charge in [-0.15, -0.1) is 0 Å². The van der Waals surface area contributed by atoms with Gasteiger partial charge >= 0.3 is 0 Å². The smallest absolute Gasteiger partial charge is 0.279 e. The Morgan fingerprint density at radius 3 is 2.66 bits per heavy atom. The van der Waals surface area contributed by atoms with Gasteiger partial charge in [-0.2, -0.15) is 5.10 Å².